The molecule has 2 aromatic rings. The Balaban J connectivity index is 2.17. The van der Waals surface area contributed by atoms with E-state index in [0.717, 1.165) is 5.56 Å². The van der Waals surface area contributed by atoms with Crippen molar-refractivity contribution < 1.29 is 10.0 Å². The molecule has 0 fully saturated rings. The summed E-state index contributed by atoms with van der Waals surface area (Å²) in [5.41, 5.74) is 1.34. The largest absolute Gasteiger partial charge is 0.506 e. The summed E-state index contributed by atoms with van der Waals surface area (Å²) < 4.78 is 1.13. The van der Waals surface area contributed by atoms with Crippen LogP contribution in [-0.4, -0.2) is 10.0 Å². The number of hydrogen-bond donors (Lipinski definition) is 2. The zero-order valence-electron chi connectivity index (χ0n) is 10.4. The van der Waals surface area contributed by atoms with Crippen LogP contribution in [0.2, 0.25) is 5.02 Å². The Morgan fingerprint density at radius 1 is 1.24 bits per heavy atom. The van der Waals surface area contributed by atoms with Gasteiger partial charge in [-0.05, 0) is 61.7 Å². The number of phenolic OH excluding ortho intramolecular Hbond substituents is 1. The third-order valence-corrected chi connectivity index (χ3v) is 4.24. The molecule has 0 bridgehead atoms. The SMILES string of the molecule is O=[N+]([O-])c1cc(NCc2cc(Br)c(O)c(Br)c2)ccc1Cl. The number of rotatable bonds is 4. The van der Waals surface area contributed by atoms with Crippen LogP contribution < -0.4 is 5.32 Å². The number of benzene rings is 2. The summed E-state index contributed by atoms with van der Waals surface area (Å²) in [6.45, 7) is 0.441. The molecule has 0 unspecified atom stereocenters. The van der Waals surface area contributed by atoms with Crippen LogP contribution in [0.5, 0.6) is 5.75 Å². The summed E-state index contributed by atoms with van der Waals surface area (Å²) in [4.78, 5) is 10.3. The van der Waals surface area contributed by atoms with Crippen molar-refractivity contribution in [3.05, 3.63) is 60.0 Å². The maximum Gasteiger partial charge on any atom is 0.289 e. The lowest BCUT2D eigenvalue weighted by molar-refractivity contribution is -0.384. The molecule has 2 N–H and O–H groups in total. The standard InChI is InChI=1S/C13H9Br2ClN2O3/c14-9-3-7(4-10(15)13(9)19)6-17-8-1-2-11(16)12(5-8)18(20)21/h1-5,17,19H,6H2. The Morgan fingerprint density at radius 2 is 1.86 bits per heavy atom. The lowest BCUT2D eigenvalue weighted by atomic mass is 10.2. The Bertz CT molecular complexity index is 687. The molecular weight excluding hydrogens is 427 g/mol. The number of nitro groups is 1. The molecule has 2 aromatic carbocycles. The molecule has 0 aromatic heterocycles. The van der Waals surface area contributed by atoms with E-state index in [4.69, 9.17) is 11.6 Å². The number of nitrogens with one attached hydrogen (secondary N) is 1. The van der Waals surface area contributed by atoms with E-state index < -0.39 is 4.92 Å². The highest BCUT2D eigenvalue weighted by molar-refractivity contribution is 9.11. The van der Waals surface area contributed by atoms with Crippen molar-refractivity contribution in [1.82, 2.24) is 0 Å². The van der Waals surface area contributed by atoms with Crippen LogP contribution in [0.3, 0.4) is 0 Å². The van der Waals surface area contributed by atoms with Crippen LogP contribution in [0.15, 0.2) is 39.3 Å². The Kier molecular flexibility index (Phi) is 5.08. The second-order valence-electron chi connectivity index (χ2n) is 4.18. The number of phenols is 1. The van der Waals surface area contributed by atoms with Gasteiger partial charge in [-0.15, -0.1) is 0 Å². The highest BCUT2D eigenvalue weighted by Crippen LogP contribution is 2.34. The Labute approximate surface area is 142 Å². The molecule has 8 heteroatoms. The van der Waals surface area contributed by atoms with Gasteiger partial charge in [0.05, 0.1) is 13.9 Å². The number of nitro benzene ring substituents is 1. The summed E-state index contributed by atoms with van der Waals surface area (Å²) in [5.74, 6) is 0.126. The monoisotopic (exact) mass is 434 g/mol. The van der Waals surface area contributed by atoms with Crippen molar-refractivity contribution >= 4 is 54.8 Å². The second-order valence-corrected chi connectivity index (χ2v) is 6.30. The van der Waals surface area contributed by atoms with Crippen LogP contribution in [0.4, 0.5) is 11.4 Å². The fraction of sp³-hybridized carbons (Fsp3) is 0.0769. The van der Waals surface area contributed by atoms with E-state index >= 15 is 0 Å². The van der Waals surface area contributed by atoms with E-state index in [0.29, 0.717) is 21.2 Å². The number of anilines is 1. The molecule has 0 atom stereocenters. The van der Waals surface area contributed by atoms with Crippen LogP contribution >= 0.6 is 43.5 Å². The highest BCUT2D eigenvalue weighted by Gasteiger charge is 2.13. The van der Waals surface area contributed by atoms with E-state index in [9.17, 15) is 15.2 Å². The molecule has 0 heterocycles. The number of aromatic hydroxyl groups is 1. The molecule has 0 saturated carbocycles. The average molecular weight is 436 g/mol. The maximum atomic E-state index is 10.8. The van der Waals surface area contributed by atoms with Crippen molar-refractivity contribution in [2.75, 3.05) is 5.32 Å². The first-order chi connectivity index (χ1) is 9.88. The lowest BCUT2D eigenvalue weighted by Gasteiger charge is -2.09. The predicted molar refractivity (Wildman–Crippen MR) is 88.9 cm³/mol. The van der Waals surface area contributed by atoms with Gasteiger partial charge < -0.3 is 10.4 Å². The molecular formula is C13H9Br2ClN2O3. The zero-order valence-corrected chi connectivity index (χ0v) is 14.4. The van der Waals surface area contributed by atoms with Gasteiger partial charge in [0.15, 0.2) is 0 Å². The summed E-state index contributed by atoms with van der Waals surface area (Å²) >= 11 is 12.3. The van der Waals surface area contributed by atoms with Crippen molar-refractivity contribution in [1.29, 1.82) is 0 Å². The third kappa shape index (κ3) is 3.87. The van der Waals surface area contributed by atoms with E-state index in [-0.39, 0.29) is 16.5 Å². The molecule has 0 spiro atoms. The quantitative estimate of drug-likeness (QED) is 0.517. The van der Waals surface area contributed by atoms with Gasteiger partial charge in [-0.1, -0.05) is 11.6 Å². The fourth-order valence-corrected chi connectivity index (χ4v) is 3.15. The van der Waals surface area contributed by atoms with Crippen molar-refractivity contribution in [3.63, 3.8) is 0 Å². The summed E-state index contributed by atoms with van der Waals surface area (Å²) in [7, 11) is 0. The molecule has 5 nitrogen and oxygen atoms in total. The van der Waals surface area contributed by atoms with Gasteiger partial charge in [-0.3, -0.25) is 10.1 Å². The summed E-state index contributed by atoms with van der Waals surface area (Å²) in [6, 6.07) is 8.05. The first-order valence-corrected chi connectivity index (χ1v) is 7.69. The minimum Gasteiger partial charge on any atom is -0.506 e. The fourth-order valence-electron chi connectivity index (χ4n) is 1.69. The molecule has 0 amide bonds. The normalized spacial score (nSPS) is 10.4. The first kappa shape index (κ1) is 16.1. The van der Waals surface area contributed by atoms with Crippen molar-refractivity contribution in [2.24, 2.45) is 0 Å². The average Bonchev–Trinajstić information content (AvgIpc) is 2.43. The molecule has 110 valence electrons. The van der Waals surface area contributed by atoms with Gasteiger partial charge in [0.2, 0.25) is 0 Å². The van der Waals surface area contributed by atoms with Crippen LogP contribution in [0.1, 0.15) is 5.56 Å². The molecule has 0 saturated heterocycles. The Hall–Kier alpha value is -1.31. The molecule has 0 radical (unpaired) electrons. The molecule has 0 aliphatic rings. The minimum atomic E-state index is -0.527. The van der Waals surface area contributed by atoms with Crippen LogP contribution in [0.25, 0.3) is 0 Å². The number of hydrogen-bond acceptors (Lipinski definition) is 4. The predicted octanol–water partition coefficient (Wildman–Crippen LogP) is 5.09. The molecule has 2 rings (SSSR count). The van der Waals surface area contributed by atoms with E-state index in [2.05, 4.69) is 37.2 Å². The lowest BCUT2D eigenvalue weighted by Crippen LogP contribution is -2.00. The molecule has 0 aliphatic carbocycles. The number of halogens is 3. The van der Waals surface area contributed by atoms with Gasteiger partial charge in [-0.25, -0.2) is 0 Å². The van der Waals surface area contributed by atoms with Gasteiger partial charge in [0, 0.05) is 18.3 Å². The first-order valence-electron chi connectivity index (χ1n) is 5.73. The van der Waals surface area contributed by atoms with Crippen LogP contribution in [-0.2, 0) is 6.54 Å². The van der Waals surface area contributed by atoms with Gasteiger partial charge in [-0.2, -0.15) is 0 Å². The third-order valence-electron chi connectivity index (χ3n) is 2.72. The van der Waals surface area contributed by atoms with E-state index in [1.54, 1.807) is 18.2 Å². The van der Waals surface area contributed by atoms with Gasteiger partial charge >= 0.3 is 0 Å². The minimum absolute atomic E-state index is 0.0978. The van der Waals surface area contributed by atoms with Crippen molar-refractivity contribution in [3.8, 4) is 5.75 Å². The smallest absolute Gasteiger partial charge is 0.289 e. The maximum absolute atomic E-state index is 10.8. The zero-order chi connectivity index (χ0) is 15.6. The van der Waals surface area contributed by atoms with Gasteiger partial charge in [0.1, 0.15) is 10.8 Å². The Morgan fingerprint density at radius 3 is 2.43 bits per heavy atom. The summed E-state index contributed by atoms with van der Waals surface area (Å²) in [6.07, 6.45) is 0. The second kappa shape index (κ2) is 6.64. The summed E-state index contributed by atoms with van der Waals surface area (Å²) in [5, 5.41) is 23.6. The van der Waals surface area contributed by atoms with Gasteiger partial charge in [0.25, 0.3) is 5.69 Å². The topological polar surface area (TPSA) is 75.4 Å². The highest BCUT2D eigenvalue weighted by atomic mass is 79.9. The number of nitrogens with zero attached hydrogens (tertiary/aromatic N) is 1. The molecule has 0 aliphatic heterocycles. The van der Waals surface area contributed by atoms with E-state index in [1.807, 2.05) is 0 Å². The van der Waals surface area contributed by atoms with Crippen molar-refractivity contribution in [2.45, 2.75) is 6.54 Å². The molecule has 21 heavy (non-hydrogen) atoms. The van der Waals surface area contributed by atoms with Crippen LogP contribution in [0, 0.1) is 10.1 Å². The van der Waals surface area contributed by atoms with E-state index in [1.165, 1.54) is 12.1 Å².